The van der Waals surface area contributed by atoms with Crippen molar-refractivity contribution in [3.8, 4) is 11.5 Å². The minimum absolute atomic E-state index is 0.0390. The number of rotatable bonds is 4. The minimum atomic E-state index is -2.74. The number of halogens is 3. The molecule has 3 nitrogen and oxygen atoms in total. The van der Waals surface area contributed by atoms with Gasteiger partial charge in [-0.1, -0.05) is 17.7 Å². The molecule has 2 N–H and O–H groups in total. The van der Waals surface area contributed by atoms with E-state index in [2.05, 4.69) is 0 Å². The summed E-state index contributed by atoms with van der Waals surface area (Å²) in [6.45, 7) is 1.21. The summed E-state index contributed by atoms with van der Waals surface area (Å²) in [5.74, 6) is 0.565. The van der Waals surface area contributed by atoms with Crippen LogP contribution in [0.5, 0.6) is 11.5 Å². The monoisotopic (exact) mass is 265 g/mol. The first-order chi connectivity index (χ1) is 7.86. The molecule has 0 aromatic heterocycles. The molecule has 0 spiro atoms. The molecule has 1 aromatic carbocycles. The Hall–Kier alpha value is -1.07. The predicted molar refractivity (Wildman–Crippen MR) is 62.1 cm³/mol. The highest BCUT2D eigenvalue weighted by Gasteiger charge is 2.35. The van der Waals surface area contributed by atoms with Crippen LogP contribution in [0, 0.1) is 0 Å². The summed E-state index contributed by atoms with van der Waals surface area (Å²) in [5, 5.41) is 0.0390. The zero-order chi connectivity index (χ0) is 13.2. The van der Waals surface area contributed by atoms with Gasteiger partial charge in [0.2, 0.25) is 0 Å². The lowest BCUT2D eigenvalue weighted by Gasteiger charge is -2.26. The van der Waals surface area contributed by atoms with Crippen LogP contribution in [0.3, 0.4) is 0 Å². The summed E-state index contributed by atoms with van der Waals surface area (Å²) >= 11 is 6.00. The number of ether oxygens (including phenoxy) is 2. The van der Waals surface area contributed by atoms with E-state index in [0.717, 1.165) is 0 Å². The van der Waals surface area contributed by atoms with Gasteiger partial charge in [0.25, 0.3) is 6.43 Å². The maximum atomic E-state index is 12.8. The predicted octanol–water partition coefficient (Wildman–Crippen LogP) is 2.80. The van der Waals surface area contributed by atoms with Crippen LogP contribution in [-0.4, -0.2) is 20.6 Å². The van der Waals surface area contributed by atoms with Crippen molar-refractivity contribution >= 4 is 11.6 Å². The van der Waals surface area contributed by atoms with Gasteiger partial charge in [0, 0.05) is 5.56 Å². The zero-order valence-corrected chi connectivity index (χ0v) is 10.5. The van der Waals surface area contributed by atoms with Crippen LogP contribution in [0.15, 0.2) is 12.1 Å². The van der Waals surface area contributed by atoms with Gasteiger partial charge in [-0.05, 0) is 13.0 Å². The van der Waals surface area contributed by atoms with Gasteiger partial charge in [-0.15, -0.1) is 0 Å². The third kappa shape index (κ3) is 2.45. The molecule has 0 saturated heterocycles. The first kappa shape index (κ1) is 14.0. The highest BCUT2D eigenvalue weighted by molar-refractivity contribution is 6.33. The summed E-state index contributed by atoms with van der Waals surface area (Å²) < 4.78 is 35.7. The molecule has 1 unspecified atom stereocenters. The van der Waals surface area contributed by atoms with E-state index < -0.39 is 12.0 Å². The van der Waals surface area contributed by atoms with Crippen LogP contribution in [0.1, 0.15) is 12.5 Å². The van der Waals surface area contributed by atoms with Gasteiger partial charge in [-0.25, -0.2) is 8.78 Å². The number of methoxy groups -OCH3 is 2. The Morgan fingerprint density at radius 2 is 1.88 bits per heavy atom. The van der Waals surface area contributed by atoms with Crippen molar-refractivity contribution in [3.63, 3.8) is 0 Å². The van der Waals surface area contributed by atoms with Gasteiger partial charge in [-0.3, -0.25) is 0 Å². The van der Waals surface area contributed by atoms with Gasteiger partial charge in [0.15, 0.2) is 11.5 Å². The van der Waals surface area contributed by atoms with Gasteiger partial charge in [0.1, 0.15) is 5.54 Å². The lowest BCUT2D eigenvalue weighted by atomic mass is 9.93. The first-order valence-electron chi connectivity index (χ1n) is 4.84. The Bertz CT molecular complexity index is 411. The molecule has 0 bridgehead atoms. The summed E-state index contributed by atoms with van der Waals surface area (Å²) in [7, 11) is 2.81. The van der Waals surface area contributed by atoms with E-state index in [-0.39, 0.29) is 16.3 Å². The Labute approximate surface area is 103 Å². The fourth-order valence-electron chi connectivity index (χ4n) is 1.42. The minimum Gasteiger partial charge on any atom is -0.493 e. The van der Waals surface area contributed by atoms with Crippen LogP contribution in [0.2, 0.25) is 5.02 Å². The maximum absolute atomic E-state index is 12.8. The number of benzene rings is 1. The standard InChI is InChI=1S/C11H14ClF2NO2/c1-11(15,10(13)14)6-4-5-7(16-2)9(17-3)8(6)12/h4-5,10H,15H2,1-3H3. The molecule has 0 heterocycles. The SMILES string of the molecule is COc1ccc(C(C)(N)C(F)F)c(Cl)c1OC. The molecule has 0 aliphatic heterocycles. The first-order valence-corrected chi connectivity index (χ1v) is 5.22. The third-order valence-corrected chi connectivity index (χ3v) is 2.89. The quantitative estimate of drug-likeness (QED) is 0.910. The van der Waals surface area contributed by atoms with Gasteiger partial charge in [-0.2, -0.15) is 0 Å². The zero-order valence-electron chi connectivity index (χ0n) is 9.76. The van der Waals surface area contributed by atoms with Gasteiger partial charge < -0.3 is 15.2 Å². The highest BCUT2D eigenvalue weighted by Crippen LogP contribution is 2.41. The van der Waals surface area contributed by atoms with Crippen molar-refractivity contribution in [2.75, 3.05) is 14.2 Å². The Morgan fingerprint density at radius 1 is 1.29 bits per heavy atom. The number of alkyl halides is 2. The van der Waals surface area contributed by atoms with Crippen LogP contribution in [0.25, 0.3) is 0 Å². The highest BCUT2D eigenvalue weighted by atomic mass is 35.5. The molecule has 0 saturated carbocycles. The van der Waals surface area contributed by atoms with Crippen molar-refractivity contribution in [3.05, 3.63) is 22.7 Å². The van der Waals surface area contributed by atoms with Crippen LogP contribution < -0.4 is 15.2 Å². The molecule has 1 atom stereocenters. The van der Waals surface area contributed by atoms with E-state index in [0.29, 0.717) is 5.75 Å². The molecule has 0 aliphatic rings. The van der Waals surface area contributed by atoms with Gasteiger partial charge >= 0.3 is 0 Å². The summed E-state index contributed by atoms with van der Waals surface area (Å²) in [4.78, 5) is 0. The van der Waals surface area contributed by atoms with Crippen LogP contribution in [-0.2, 0) is 5.54 Å². The van der Waals surface area contributed by atoms with E-state index in [9.17, 15) is 8.78 Å². The van der Waals surface area contributed by atoms with Crippen molar-refractivity contribution in [1.29, 1.82) is 0 Å². The van der Waals surface area contributed by atoms with Gasteiger partial charge in [0.05, 0.1) is 19.2 Å². The second-order valence-electron chi connectivity index (χ2n) is 3.75. The Morgan fingerprint density at radius 3 is 2.29 bits per heavy atom. The second kappa shape index (κ2) is 5.06. The molecule has 6 heteroatoms. The normalized spacial score (nSPS) is 14.6. The molecule has 0 fully saturated rings. The largest absolute Gasteiger partial charge is 0.493 e. The number of hydrogen-bond donors (Lipinski definition) is 1. The van der Waals surface area contributed by atoms with Crippen molar-refractivity contribution < 1.29 is 18.3 Å². The van der Waals surface area contributed by atoms with Crippen molar-refractivity contribution in [2.24, 2.45) is 5.73 Å². The number of nitrogens with two attached hydrogens (primary N) is 1. The summed E-state index contributed by atoms with van der Waals surface area (Å²) in [5.41, 5.74) is 3.85. The van der Waals surface area contributed by atoms with E-state index in [1.54, 1.807) is 0 Å². The maximum Gasteiger partial charge on any atom is 0.260 e. The lowest BCUT2D eigenvalue weighted by Crippen LogP contribution is -2.40. The average molecular weight is 266 g/mol. The molecule has 0 aliphatic carbocycles. The topological polar surface area (TPSA) is 44.5 Å². The van der Waals surface area contributed by atoms with Crippen LogP contribution in [0.4, 0.5) is 8.78 Å². The molecule has 17 heavy (non-hydrogen) atoms. The average Bonchev–Trinajstić information content (AvgIpc) is 2.27. The smallest absolute Gasteiger partial charge is 0.260 e. The van der Waals surface area contributed by atoms with Crippen molar-refractivity contribution in [2.45, 2.75) is 18.9 Å². The molecule has 1 aromatic rings. The van der Waals surface area contributed by atoms with Crippen molar-refractivity contribution in [1.82, 2.24) is 0 Å². The van der Waals surface area contributed by atoms with E-state index >= 15 is 0 Å². The molecule has 96 valence electrons. The molecular weight excluding hydrogens is 252 g/mol. The van der Waals surface area contributed by atoms with E-state index in [1.807, 2.05) is 0 Å². The fraction of sp³-hybridized carbons (Fsp3) is 0.455. The fourth-order valence-corrected chi connectivity index (χ4v) is 1.86. The molecular formula is C11H14ClF2NO2. The van der Waals surface area contributed by atoms with Crippen LogP contribution >= 0.6 is 11.6 Å². The molecule has 0 radical (unpaired) electrons. The number of hydrogen-bond acceptors (Lipinski definition) is 3. The Kier molecular flexibility index (Phi) is 4.16. The summed E-state index contributed by atoms with van der Waals surface area (Å²) in [6.07, 6.45) is -2.74. The lowest BCUT2D eigenvalue weighted by molar-refractivity contribution is 0.0624. The molecule has 0 amide bonds. The van der Waals surface area contributed by atoms with E-state index in [4.69, 9.17) is 26.8 Å². The molecule has 1 rings (SSSR count). The Balaban J connectivity index is 3.38. The van der Waals surface area contributed by atoms with E-state index in [1.165, 1.54) is 33.3 Å². The summed E-state index contributed by atoms with van der Waals surface area (Å²) in [6, 6.07) is 2.91. The third-order valence-electron chi connectivity index (χ3n) is 2.52. The second-order valence-corrected chi connectivity index (χ2v) is 4.12.